The standard InChI is InChI=1S/C17H22N2O2/c1-4-19(2)17(20)12-18-11-13-9-10-16(21-3)15-8-6-5-7-14(13)15/h5-10,18H,4,11-12H2,1-3H3. The van der Waals surface area contributed by atoms with Gasteiger partial charge in [-0.05, 0) is 23.9 Å². The van der Waals surface area contributed by atoms with Crippen molar-refractivity contribution in [1.29, 1.82) is 0 Å². The Bertz CT molecular complexity index is 625. The quantitative estimate of drug-likeness (QED) is 0.886. The molecule has 0 bridgehead atoms. The van der Waals surface area contributed by atoms with Crippen molar-refractivity contribution in [2.24, 2.45) is 0 Å². The predicted molar refractivity (Wildman–Crippen MR) is 85.5 cm³/mol. The van der Waals surface area contributed by atoms with E-state index in [1.54, 1.807) is 12.0 Å². The first-order chi connectivity index (χ1) is 10.2. The highest BCUT2D eigenvalue weighted by Crippen LogP contribution is 2.28. The number of carbonyl (C=O) groups excluding carboxylic acids is 1. The third-order valence-electron chi connectivity index (χ3n) is 3.69. The summed E-state index contributed by atoms with van der Waals surface area (Å²) >= 11 is 0. The fourth-order valence-electron chi connectivity index (χ4n) is 2.28. The van der Waals surface area contributed by atoms with Gasteiger partial charge in [0.15, 0.2) is 0 Å². The fraction of sp³-hybridized carbons (Fsp3) is 0.353. The molecule has 0 saturated carbocycles. The van der Waals surface area contributed by atoms with Crippen molar-refractivity contribution in [2.75, 3.05) is 27.2 Å². The van der Waals surface area contributed by atoms with E-state index in [1.807, 2.05) is 44.3 Å². The Morgan fingerprint density at radius 2 is 1.90 bits per heavy atom. The van der Waals surface area contributed by atoms with Gasteiger partial charge >= 0.3 is 0 Å². The lowest BCUT2D eigenvalue weighted by Crippen LogP contribution is -2.35. The van der Waals surface area contributed by atoms with Gasteiger partial charge in [-0.15, -0.1) is 0 Å². The Balaban J connectivity index is 2.11. The van der Waals surface area contributed by atoms with Crippen molar-refractivity contribution in [3.8, 4) is 5.75 Å². The largest absolute Gasteiger partial charge is 0.496 e. The zero-order chi connectivity index (χ0) is 15.2. The minimum atomic E-state index is 0.107. The average molecular weight is 286 g/mol. The molecular weight excluding hydrogens is 264 g/mol. The number of benzene rings is 2. The molecule has 0 aliphatic carbocycles. The highest BCUT2D eigenvalue weighted by atomic mass is 16.5. The third kappa shape index (κ3) is 3.52. The number of likely N-dealkylation sites (N-methyl/N-ethyl adjacent to an activating group) is 1. The normalized spacial score (nSPS) is 10.6. The molecule has 1 N–H and O–H groups in total. The summed E-state index contributed by atoms with van der Waals surface area (Å²) in [7, 11) is 3.49. The number of nitrogens with zero attached hydrogens (tertiary/aromatic N) is 1. The number of hydrogen-bond acceptors (Lipinski definition) is 3. The van der Waals surface area contributed by atoms with Crippen molar-refractivity contribution in [3.05, 3.63) is 42.0 Å². The Kier molecular flexibility index (Phi) is 5.17. The van der Waals surface area contributed by atoms with Gasteiger partial charge in [-0.2, -0.15) is 0 Å². The summed E-state index contributed by atoms with van der Waals surface area (Å²) in [6, 6.07) is 12.2. The summed E-state index contributed by atoms with van der Waals surface area (Å²) in [6.45, 7) is 3.71. The van der Waals surface area contributed by atoms with Crippen molar-refractivity contribution in [2.45, 2.75) is 13.5 Å². The van der Waals surface area contributed by atoms with Crippen molar-refractivity contribution >= 4 is 16.7 Å². The van der Waals surface area contributed by atoms with Crippen molar-refractivity contribution < 1.29 is 9.53 Å². The van der Waals surface area contributed by atoms with E-state index in [-0.39, 0.29) is 5.91 Å². The molecule has 2 aromatic rings. The minimum absolute atomic E-state index is 0.107. The van der Waals surface area contributed by atoms with Crippen LogP contribution < -0.4 is 10.1 Å². The van der Waals surface area contributed by atoms with Gasteiger partial charge in [0, 0.05) is 25.5 Å². The number of fused-ring (bicyclic) bond motifs is 1. The van der Waals surface area contributed by atoms with Gasteiger partial charge in [0.2, 0.25) is 5.91 Å². The van der Waals surface area contributed by atoms with Crippen LogP contribution in [0.4, 0.5) is 0 Å². The third-order valence-corrected chi connectivity index (χ3v) is 3.69. The highest BCUT2D eigenvalue weighted by Gasteiger charge is 2.08. The monoisotopic (exact) mass is 286 g/mol. The van der Waals surface area contributed by atoms with E-state index in [2.05, 4.69) is 11.4 Å². The van der Waals surface area contributed by atoms with Crippen LogP contribution in [0.25, 0.3) is 10.8 Å². The summed E-state index contributed by atoms with van der Waals surface area (Å²) in [5, 5.41) is 5.46. The first kappa shape index (κ1) is 15.3. The van der Waals surface area contributed by atoms with E-state index in [0.717, 1.165) is 23.1 Å². The van der Waals surface area contributed by atoms with Gasteiger partial charge in [0.05, 0.1) is 13.7 Å². The second kappa shape index (κ2) is 7.09. The molecule has 0 saturated heterocycles. The highest BCUT2D eigenvalue weighted by molar-refractivity contribution is 5.91. The van der Waals surface area contributed by atoms with Crippen LogP contribution in [0.2, 0.25) is 0 Å². The summed E-state index contributed by atoms with van der Waals surface area (Å²) in [5.74, 6) is 0.978. The molecule has 112 valence electrons. The van der Waals surface area contributed by atoms with Gasteiger partial charge in [0.25, 0.3) is 0 Å². The number of ether oxygens (including phenoxy) is 1. The Labute approximate surface area is 125 Å². The molecule has 21 heavy (non-hydrogen) atoms. The lowest BCUT2D eigenvalue weighted by molar-refractivity contribution is -0.128. The zero-order valence-corrected chi connectivity index (χ0v) is 12.8. The molecule has 0 spiro atoms. The molecule has 2 aromatic carbocycles. The van der Waals surface area contributed by atoms with Gasteiger partial charge in [-0.3, -0.25) is 4.79 Å². The number of methoxy groups -OCH3 is 1. The first-order valence-corrected chi connectivity index (χ1v) is 7.16. The molecule has 0 radical (unpaired) electrons. The molecule has 0 heterocycles. The molecule has 4 heteroatoms. The second-order valence-electron chi connectivity index (χ2n) is 4.98. The smallest absolute Gasteiger partial charge is 0.236 e. The van der Waals surface area contributed by atoms with E-state index >= 15 is 0 Å². The van der Waals surface area contributed by atoms with Crippen LogP contribution >= 0.6 is 0 Å². The minimum Gasteiger partial charge on any atom is -0.496 e. The number of hydrogen-bond donors (Lipinski definition) is 1. The van der Waals surface area contributed by atoms with Crippen LogP contribution in [0.3, 0.4) is 0 Å². The van der Waals surface area contributed by atoms with E-state index in [1.165, 1.54) is 5.56 Å². The molecule has 1 amide bonds. The Morgan fingerprint density at radius 1 is 1.19 bits per heavy atom. The van der Waals surface area contributed by atoms with Crippen LogP contribution in [0.15, 0.2) is 36.4 Å². The molecule has 0 unspecified atom stereocenters. The van der Waals surface area contributed by atoms with Gasteiger partial charge in [-0.1, -0.05) is 30.3 Å². The van der Waals surface area contributed by atoms with Crippen LogP contribution in [0.5, 0.6) is 5.75 Å². The molecule has 0 fully saturated rings. The molecule has 0 aromatic heterocycles. The van der Waals surface area contributed by atoms with E-state index in [9.17, 15) is 4.79 Å². The fourth-order valence-corrected chi connectivity index (χ4v) is 2.28. The summed E-state index contributed by atoms with van der Waals surface area (Å²) in [5.41, 5.74) is 1.17. The maximum absolute atomic E-state index is 11.8. The van der Waals surface area contributed by atoms with Crippen LogP contribution in [0.1, 0.15) is 12.5 Å². The lowest BCUT2D eigenvalue weighted by atomic mass is 10.0. The van der Waals surface area contributed by atoms with Crippen LogP contribution in [-0.2, 0) is 11.3 Å². The average Bonchev–Trinajstić information content (AvgIpc) is 2.54. The Hall–Kier alpha value is -2.07. The summed E-state index contributed by atoms with van der Waals surface area (Å²) in [6.07, 6.45) is 0. The molecule has 4 nitrogen and oxygen atoms in total. The number of amides is 1. The topological polar surface area (TPSA) is 41.6 Å². The van der Waals surface area contributed by atoms with Crippen molar-refractivity contribution in [1.82, 2.24) is 10.2 Å². The van der Waals surface area contributed by atoms with E-state index in [4.69, 9.17) is 4.74 Å². The van der Waals surface area contributed by atoms with Gasteiger partial charge in [-0.25, -0.2) is 0 Å². The molecule has 0 atom stereocenters. The van der Waals surface area contributed by atoms with E-state index < -0.39 is 0 Å². The second-order valence-corrected chi connectivity index (χ2v) is 4.98. The maximum atomic E-state index is 11.8. The molecule has 2 rings (SSSR count). The lowest BCUT2D eigenvalue weighted by Gasteiger charge is -2.15. The molecule has 0 aliphatic rings. The maximum Gasteiger partial charge on any atom is 0.236 e. The summed E-state index contributed by atoms with van der Waals surface area (Å²) < 4.78 is 5.39. The SMILES string of the molecule is CCN(C)C(=O)CNCc1ccc(OC)c2ccccc12. The summed E-state index contributed by atoms with van der Waals surface area (Å²) in [4.78, 5) is 13.5. The molecule has 0 aliphatic heterocycles. The first-order valence-electron chi connectivity index (χ1n) is 7.16. The Morgan fingerprint density at radius 3 is 2.57 bits per heavy atom. The predicted octanol–water partition coefficient (Wildman–Crippen LogP) is 2.42. The number of rotatable bonds is 6. The molecular formula is C17H22N2O2. The van der Waals surface area contributed by atoms with Crippen LogP contribution in [0, 0.1) is 0 Å². The van der Waals surface area contributed by atoms with Crippen molar-refractivity contribution in [3.63, 3.8) is 0 Å². The van der Waals surface area contributed by atoms with E-state index in [0.29, 0.717) is 13.1 Å². The van der Waals surface area contributed by atoms with Crippen LogP contribution in [-0.4, -0.2) is 38.1 Å². The number of carbonyl (C=O) groups is 1. The zero-order valence-electron chi connectivity index (χ0n) is 12.8. The van der Waals surface area contributed by atoms with Gasteiger partial charge in [0.1, 0.15) is 5.75 Å². The van der Waals surface area contributed by atoms with Gasteiger partial charge < -0.3 is 15.0 Å². The number of nitrogens with one attached hydrogen (secondary N) is 1.